The van der Waals surface area contributed by atoms with Gasteiger partial charge in [-0.3, -0.25) is 4.57 Å². The van der Waals surface area contributed by atoms with E-state index in [4.69, 9.17) is 11.2 Å². The van der Waals surface area contributed by atoms with Crippen molar-refractivity contribution in [2.75, 3.05) is 18.8 Å². The second-order valence-corrected chi connectivity index (χ2v) is 8.79. The predicted molar refractivity (Wildman–Crippen MR) is 59.1 cm³/mol. The molecule has 1 unspecified atom stereocenters. The quantitative estimate of drug-likeness (QED) is 0.646. The molecule has 0 saturated carbocycles. The highest BCUT2D eigenvalue weighted by molar-refractivity contribution is 8.64. The molecule has 0 heterocycles. The van der Waals surface area contributed by atoms with Crippen molar-refractivity contribution in [3.8, 4) is 0 Å². The van der Waals surface area contributed by atoms with Crippen LogP contribution in [0, 0.1) is 0 Å². The molecule has 0 fully saturated rings. The van der Waals surface area contributed by atoms with E-state index in [0.29, 0.717) is 0 Å². The zero-order valence-corrected chi connectivity index (χ0v) is 10.4. The van der Waals surface area contributed by atoms with E-state index in [1.807, 2.05) is 18.5 Å². The van der Waals surface area contributed by atoms with Gasteiger partial charge in [-0.25, -0.2) is 4.67 Å². The topological polar surface area (TPSA) is 20.3 Å². The molecule has 74 valence electrons. The summed E-state index contributed by atoms with van der Waals surface area (Å²) in [6.07, 6.45) is 1.02. The summed E-state index contributed by atoms with van der Waals surface area (Å²) < 4.78 is 13.6. The van der Waals surface area contributed by atoms with Gasteiger partial charge in [0.25, 0.3) is 5.85 Å². The second kappa shape index (κ2) is 6.31. The van der Waals surface area contributed by atoms with Gasteiger partial charge in [-0.05, 0) is 17.7 Å². The lowest BCUT2D eigenvalue weighted by atomic mass is 10.6. The Bertz CT molecular complexity index is 163. The summed E-state index contributed by atoms with van der Waals surface area (Å²) in [5, 5.41) is 0. The van der Waals surface area contributed by atoms with Crippen LogP contribution in [0.15, 0.2) is 0 Å². The van der Waals surface area contributed by atoms with Gasteiger partial charge in [0.15, 0.2) is 0 Å². The molecule has 0 aromatic carbocycles. The van der Waals surface area contributed by atoms with Crippen LogP contribution in [0.25, 0.3) is 0 Å². The lowest BCUT2D eigenvalue weighted by molar-refractivity contribution is 0.467. The number of nitrogens with zero attached hydrogens (tertiary/aromatic N) is 1. The third-order valence-electron chi connectivity index (χ3n) is 1.52. The lowest BCUT2D eigenvalue weighted by Crippen LogP contribution is -2.15. The molecule has 0 bridgehead atoms. The molecule has 0 aliphatic rings. The summed E-state index contributed by atoms with van der Waals surface area (Å²) in [7, 11) is 0. The van der Waals surface area contributed by atoms with E-state index in [0.717, 1.165) is 25.3 Å². The molecule has 0 spiro atoms. The van der Waals surface area contributed by atoms with Gasteiger partial charge in [0.2, 0.25) is 0 Å². The highest BCUT2D eigenvalue weighted by atomic mass is 35.7. The fraction of sp³-hybridized carbons (Fsp3) is 1.00. The van der Waals surface area contributed by atoms with Crippen molar-refractivity contribution in [1.29, 1.82) is 0 Å². The van der Waals surface area contributed by atoms with Gasteiger partial charge in [-0.2, -0.15) is 0 Å². The van der Waals surface area contributed by atoms with Crippen molar-refractivity contribution in [2.24, 2.45) is 0 Å². The minimum absolute atomic E-state index is 0.758. The van der Waals surface area contributed by atoms with Gasteiger partial charge in [-0.15, -0.1) is 0 Å². The Morgan fingerprint density at radius 3 is 2.17 bits per heavy atom. The Kier molecular flexibility index (Phi) is 6.75. The van der Waals surface area contributed by atoms with Crippen LogP contribution in [0.1, 0.15) is 27.2 Å². The van der Waals surface area contributed by atoms with Gasteiger partial charge < -0.3 is 0 Å². The molecule has 0 aromatic rings. The standard InChI is InChI=1S/C7H17ClNOPS/c1-4-7-12-11(8,10)9(5-2)6-3/h4-7H2,1-3H3. The van der Waals surface area contributed by atoms with Gasteiger partial charge in [0.1, 0.15) is 0 Å². The van der Waals surface area contributed by atoms with Gasteiger partial charge in [0, 0.05) is 18.8 Å². The summed E-state index contributed by atoms with van der Waals surface area (Å²) >= 11 is 7.31. The first-order valence-electron chi connectivity index (χ1n) is 4.28. The Balaban J connectivity index is 4.06. The van der Waals surface area contributed by atoms with Crippen LogP contribution >= 0.6 is 28.5 Å². The third-order valence-corrected chi connectivity index (χ3v) is 7.39. The van der Waals surface area contributed by atoms with Crippen LogP contribution in [-0.2, 0) is 4.57 Å². The fourth-order valence-corrected chi connectivity index (χ4v) is 5.76. The lowest BCUT2D eigenvalue weighted by Gasteiger charge is -2.22. The molecule has 0 rings (SSSR count). The number of hydrogen-bond donors (Lipinski definition) is 0. The number of rotatable bonds is 6. The van der Waals surface area contributed by atoms with E-state index in [9.17, 15) is 4.57 Å². The Hall–Kier alpha value is 0.830. The minimum Gasteiger partial charge on any atom is -0.277 e. The van der Waals surface area contributed by atoms with Crippen LogP contribution in [0.4, 0.5) is 0 Å². The summed E-state index contributed by atoms with van der Waals surface area (Å²) in [6, 6.07) is 0. The maximum Gasteiger partial charge on any atom is 0.289 e. The molecule has 1 atom stereocenters. The number of halogens is 1. The average molecular weight is 230 g/mol. The molecule has 2 nitrogen and oxygen atoms in total. The zero-order valence-electron chi connectivity index (χ0n) is 7.92. The van der Waals surface area contributed by atoms with E-state index in [2.05, 4.69) is 6.92 Å². The summed E-state index contributed by atoms with van der Waals surface area (Å²) in [6.45, 7) is 7.53. The monoisotopic (exact) mass is 229 g/mol. The van der Waals surface area contributed by atoms with Gasteiger partial charge in [0.05, 0.1) is 0 Å². The van der Waals surface area contributed by atoms with Crippen LogP contribution in [0.5, 0.6) is 0 Å². The molecule has 0 radical (unpaired) electrons. The van der Waals surface area contributed by atoms with Crippen molar-refractivity contribution in [2.45, 2.75) is 27.2 Å². The van der Waals surface area contributed by atoms with Gasteiger partial charge >= 0.3 is 0 Å². The van der Waals surface area contributed by atoms with E-state index in [1.165, 1.54) is 11.4 Å². The van der Waals surface area contributed by atoms with E-state index in [1.54, 1.807) is 0 Å². The molecule has 0 aliphatic heterocycles. The van der Waals surface area contributed by atoms with E-state index >= 15 is 0 Å². The maximum atomic E-state index is 11.8. The zero-order chi connectivity index (χ0) is 9.61. The summed E-state index contributed by atoms with van der Waals surface area (Å²) in [5.74, 6) is -1.72. The number of hydrogen-bond acceptors (Lipinski definition) is 2. The van der Waals surface area contributed by atoms with Crippen molar-refractivity contribution in [3.63, 3.8) is 0 Å². The highest BCUT2D eigenvalue weighted by Crippen LogP contribution is 2.65. The first kappa shape index (κ1) is 12.8. The first-order chi connectivity index (χ1) is 5.58. The predicted octanol–water partition coefficient (Wildman–Crippen LogP) is 3.82. The average Bonchev–Trinajstić information content (AvgIpc) is 2.03. The third kappa shape index (κ3) is 4.18. The van der Waals surface area contributed by atoms with Crippen LogP contribution in [-0.4, -0.2) is 23.5 Å². The fourth-order valence-electron chi connectivity index (χ4n) is 0.847. The molecule has 0 saturated heterocycles. The van der Waals surface area contributed by atoms with Crippen LogP contribution in [0.3, 0.4) is 0 Å². The Labute approximate surface area is 84.0 Å². The SMILES string of the molecule is CCCSP(=O)(Cl)N(CC)CC. The van der Waals surface area contributed by atoms with Crippen LogP contribution in [0.2, 0.25) is 0 Å². The molecule has 5 heteroatoms. The van der Waals surface area contributed by atoms with E-state index in [-0.39, 0.29) is 0 Å². The molecule has 0 aliphatic carbocycles. The molecule has 0 N–H and O–H groups in total. The van der Waals surface area contributed by atoms with Crippen molar-refractivity contribution in [3.05, 3.63) is 0 Å². The van der Waals surface area contributed by atoms with E-state index < -0.39 is 5.85 Å². The summed E-state index contributed by atoms with van der Waals surface area (Å²) in [4.78, 5) is 0. The van der Waals surface area contributed by atoms with Crippen LogP contribution < -0.4 is 0 Å². The molecule has 12 heavy (non-hydrogen) atoms. The van der Waals surface area contributed by atoms with Gasteiger partial charge in [-0.1, -0.05) is 32.2 Å². The molecule has 0 amide bonds. The summed E-state index contributed by atoms with van der Waals surface area (Å²) in [5.41, 5.74) is 0. The first-order valence-corrected chi connectivity index (χ1v) is 8.43. The second-order valence-electron chi connectivity index (χ2n) is 2.42. The highest BCUT2D eigenvalue weighted by Gasteiger charge is 2.25. The van der Waals surface area contributed by atoms with Crippen molar-refractivity contribution >= 4 is 28.5 Å². The maximum absolute atomic E-state index is 11.8. The normalized spacial score (nSPS) is 16.4. The Morgan fingerprint density at radius 2 is 1.83 bits per heavy atom. The molecular formula is C7H17ClNOPS. The molecule has 0 aromatic heterocycles. The largest absolute Gasteiger partial charge is 0.289 e. The van der Waals surface area contributed by atoms with Crippen molar-refractivity contribution in [1.82, 2.24) is 4.67 Å². The Morgan fingerprint density at radius 1 is 1.33 bits per heavy atom. The smallest absolute Gasteiger partial charge is 0.277 e. The van der Waals surface area contributed by atoms with Crippen molar-refractivity contribution < 1.29 is 4.57 Å². The molecular weight excluding hydrogens is 213 g/mol. The minimum atomic E-state index is -2.60.